The van der Waals surface area contributed by atoms with E-state index in [1.165, 1.54) is 24.3 Å². The number of aryl methyl sites for hydroxylation is 3. The second kappa shape index (κ2) is 9.15. The second-order valence-electron chi connectivity index (χ2n) is 6.76. The number of carbonyl (C=O) groups is 1. The van der Waals surface area contributed by atoms with Crippen LogP contribution in [0.15, 0.2) is 41.3 Å². The average molecular weight is 420 g/mol. The van der Waals surface area contributed by atoms with E-state index in [2.05, 4.69) is 4.72 Å². The molecule has 2 aromatic carbocycles. The maximum Gasteiger partial charge on any atom is 0.307 e. The fourth-order valence-corrected chi connectivity index (χ4v) is 4.98. The van der Waals surface area contributed by atoms with Crippen LogP contribution >= 0.6 is 0 Å². The summed E-state index contributed by atoms with van der Waals surface area (Å²) < 4.78 is 33.7. The molecule has 29 heavy (non-hydrogen) atoms. The predicted molar refractivity (Wildman–Crippen MR) is 108 cm³/mol. The maximum absolute atomic E-state index is 13.1. The van der Waals surface area contributed by atoms with Crippen LogP contribution in [0.25, 0.3) is 0 Å². The lowest BCUT2D eigenvalue weighted by atomic mass is 10.0. The Bertz CT molecular complexity index is 1010. The van der Waals surface area contributed by atoms with E-state index in [0.29, 0.717) is 16.7 Å². The Morgan fingerprint density at radius 1 is 1.17 bits per heavy atom. The number of carbonyl (C=O) groups excluding carboxylic acids is 1. The summed E-state index contributed by atoms with van der Waals surface area (Å²) >= 11 is 0. The van der Waals surface area contributed by atoms with Crippen LogP contribution in [0.4, 0.5) is 5.69 Å². The van der Waals surface area contributed by atoms with Crippen LogP contribution in [0.1, 0.15) is 41.6 Å². The maximum atomic E-state index is 13.1. The van der Waals surface area contributed by atoms with Crippen molar-refractivity contribution in [3.63, 3.8) is 0 Å². The zero-order chi connectivity index (χ0) is 21.8. The summed E-state index contributed by atoms with van der Waals surface area (Å²) in [6, 6.07) is 8.04. The molecule has 0 saturated heterocycles. The number of esters is 1. The minimum absolute atomic E-state index is 0.127. The third kappa shape index (κ3) is 5.61. The number of ether oxygens (including phenoxy) is 1. The molecule has 0 aliphatic carbocycles. The zero-order valence-corrected chi connectivity index (χ0v) is 17.6. The SMILES string of the molecule is CCOC(=O)CC(NS(=O)(=O)c1c(C)cc(C)cc1C)c1cccc([N+](=O)[O-])c1. The second-order valence-corrected chi connectivity index (χ2v) is 8.41. The monoisotopic (exact) mass is 420 g/mol. The molecule has 1 atom stereocenters. The van der Waals surface area contributed by atoms with Gasteiger partial charge in [-0.25, -0.2) is 13.1 Å². The normalized spacial score (nSPS) is 12.4. The van der Waals surface area contributed by atoms with Crippen LogP contribution in [0.2, 0.25) is 0 Å². The number of rotatable bonds is 8. The van der Waals surface area contributed by atoms with Crippen molar-refractivity contribution in [2.45, 2.75) is 45.1 Å². The van der Waals surface area contributed by atoms with Crippen molar-refractivity contribution in [3.05, 3.63) is 68.8 Å². The van der Waals surface area contributed by atoms with Gasteiger partial charge in [-0.3, -0.25) is 14.9 Å². The Hall–Kier alpha value is -2.78. The molecule has 8 nitrogen and oxygen atoms in total. The van der Waals surface area contributed by atoms with E-state index < -0.39 is 27.0 Å². The zero-order valence-electron chi connectivity index (χ0n) is 16.8. The van der Waals surface area contributed by atoms with Gasteiger partial charge in [0.05, 0.1) is 28.9 Å². The van der Waals surface area contributed by atoms with Crippen LogP contribution in [-0.4, -0.2) is 25.9 Å². The third-order valence-corrected chi connectivity index (χ3v) is 6.11. The van der Waals surface area contributed by atoms with Crippen molar-refractivity contribution >= 4 is 21.7 Å². The summed E-state index contributed by atoms with van der Waals surface area (Å²) in [6.07, 6.45) is -0.293. The van der Waals surface area contributed by atoms with Gasteiger partial charge in [-0.1, -0.05) is 29.8 Å². The lowest BCUT2D eigenvalue weighted by Crippen LogP contribution is -2.31. The highest BCUT2D eigenvalue weighted by molar-refractivity contribution is 7.89. The molecule has 0 aliphatic rings. The minimum Gasteiger partial charge on any atom is -0.466 e. The molecule has 0 aromatic heterocycles. The van der Waals surface area contributed by atoms with E-state index in [9.17, 15) is 23.3 Å². The van der Waals surface area contributed by atoms with Gasteiger partial charge in [-0.2, -0.15) is 0 Å². The van der Waals surface area contributed by atoms with Crippen LogP contribution in [0, 0.1) is 30.9 Å². The molecule has 9 heteroatoms. The first-order valence-electron chi connectivity index (χ1n) is 9.05. The molecule has 0 heterocycles. The van der Waals surface area contributed by atoms with E-state index in [-0.39, 0.29) is 23.6 Å². The quantitative estimate of drug-likeness (QED) is 0.397. The molecule has 2 aromatic rings. The van der Waals surface area contributed by atoms with Crippen LogP contribution < -0.4 is 4.72 Å². The Balaban J connectivity index is 2.48. The van der Waals surface area contributed by atoms with Crippen LogP contribution in [-0.2, 0) is 19.6 Å². The Morgan fingerprint density at radius 3 is 2.34 bits per heavy atom. The number of nitro groups is 1. The number of nitrogens with zero attached hydrogens (tertiary/aromatic N) is 1. The molecule has 1 unspecified atom stereocenters. The van der Waals surface area contributed by atoms with Crippen molar-refractivity contribution in [2.75, 3.05) is 6.61 Å². The summed E-state index contributed by atoms with van der Waals surface area (Å²) in [7, 11) is -4.01. The average Bonchev–Trinajstić information content (AvgIpc) is 2.60. The van der Waals surface area contributed by atoms with Crippen molar-refractivity contribution in [1.29, 1.82) is 0 Å². The molecule has 2 rings (SSSR count). The number of nitrogens with one attached hydrogen (secondary N) is 1. The number of hydrogen-bond donors (Lipinski definition) is 1. The molecule has 0 bridgehead atoms. The van der Waals surface area contributed by atoms with Crippen molar-refractivity contribution in [3.8, 4) is 0 Å². The Kier molecular flexibility index (Phi) is 7.10. The summed E-state index contributed by atoms with van der Waals surface area (Å²) in [4.78, 5) is 22.7. The van der Waals surface area contributed by atoms with Crippen LogP contribution in [0.5, 0.6) is 0 Å². The largest absolute Gasteiger partial charge is 0.466 e. The first kappa shape index (κ1) is 22.5. The van der Waals surface area contributed by atoms with Gasteiger partial charge < -0.3 is 4.74 Å². The van der Waals surface area contributed by atoms with Gasteiger partial charge in [0, 0.05) is 12.1 Å². The fraction of sp³-hybridized carbons (Fsp3) is 0.350. The van der Waals surface area contributed by atoms with Crippen molar-refractivity contribution in [2.24, 2.45) is 0 Å². The van der Waals surface area contributed by atoms with Gasteiger partial charge >= 0.3 is 5.97 Å². The lowest BCUT2D eigenvalue weighted by Gasteiger charge is -2.20. The van der Waals surface area contributed by atoms with Crippen LogP contribution in [0.3, 0.4) is 0 Å². The summed E-state index contributed by atoms with van der Waals surface area (Å²) in [5, 5.41) is 11.1. The van der Waals surface area contributed by atoms with Crippen molar-refractivity contribution < 1.29 is 22.9 Å². The Morgan fingerprint density at radius 2 is 1.79 bits per heavy atom. The number of nitro benzene ring substituents is 1. The smallest absolute Gasteiger partial charge is 0.307 e. The molecule has 1 N–H and O–H groups in total. The highest BCUT2D eigenvalue weighted by atomic mass is 32.2. The Labute approximate surface area is 170 Å². The molecular formula is C20H24N2O6S. The van der Waals surface area contributed by atoms with Gasteiger partial charge in [0.1, 0.15) is 0 Å². The summed E-state index contributed by atoms with van der Waals surface area (Å²) in [6.45, 7) is 7.05. The molecule has 156 valence electrons. The first-order valence-corrected chi connectivity index (χ1v) is 10.5. The van der Waals surface area contributed by atoms with Crippen molar-refractivity contribution in [1.82, 2.24) is 4.72 Å². The fourth-order valence-electron chi connectivity index (χ4n) is 3.31. The molecule has 0 fully saturated rings. The van der Waals surface area contributed by atoms with Gasteiger partial charge in [0.15, 0.2) is 0 Å². The van der Waals surface area contributed by atoms with E-state index in [4.69, 9.17) is 4.74 Å². The predicted octanol–water partition coefficient (Wildman–Crippen LogP) is 3.49. The molecule has 0 spiro atoms. The van der Waals surface area contributed by atoms with Gasteiger partial charge in [0.2, 0.25) is 10.0 Å². The highest BCUT2D eigenvalue weighted by Crippen LogP contribution is 2.27. The topological polar surface area (TPSA) is 116 Å². The minimum atomic E-state index is -4.01. The van der Waals surface area contributed by atoms with Gasteiger partial charge in [0.25, 0.3) is 5.69 Å². The summed E-state index contributed by atoms with van der Waals surface area (Å²) in [5.74, 6) is -0.607. The lowest BCUT2D eigenvalue weighted by molar-refractivity contribution is -0.384. The van der Waals surface area contributed by atoms with E-state index >= 15 is 0 Å². The number of sulfonamides is 1. The van der Waals surface area contributed by atoms with E-state index in [1.54, 1.807) is 32.9 Å². The highest BCUT2D eigenvalue weighted by Gasteiger charge is 2.27. The molecule has 0 aliphatic heterocycles. The number of non-ortho nitro benzene ring substituents is 1. The molecule has 0 saturated carbocycles. The van der Waals surface area contributed by atoms with E-state index in [1.807, 2.05) is 6.92 Å². The molecule has 0 amide bonds. The first-order chi connectivity index (χ1) is 13.5. The van der Waals surface area contributed by atoms with Gasteiger partial charge in [-0.05, 0) is 44.4 Å². The number of benzene rings is 2. The molecular weight excluding hydrogens is 396 g/mol. The molecule has 0 radical (unpaired) electrons. The van der Waals surface area contributed by atoms with E-state index in [0.717, 1.165) is 5.56 Å². The standard InChI is InChI=1S/C20H24N2O6S/c1-5-28-19(23)12-18(16-7-6-8-17(11-16)22(24)25)21-29(26,27)20-14(3)9-13(2)10-15(20)4/h6-11,18,21H,5,12H2,1-4H3. The summed E-state index contributed by atoms with van der Waals surface area (Å²) in [5.41, 5.74) is 2.19. The third-order valence-electron chi connectivity index (χ3n) is 4.33. The number of hydrogen-bond acceptors (Lipinski definition) is 6. The van der Waals surface area contributed by atoms with Gasteiger partial charge in [-0.15, -0.1) is 0 Å².